The summed E-state index contributed by atoms with van der Waals surface area (Å²) in [4.78, 5) is 4.53. The zero-order valence-corrected chi connectivity index (χ0v) is 14.6. The molecule has 3 N–H and O–H groups in total. The van der Waals surface area contributed by atoms with Gasteiger partial charge in [-0.05, 0) is 42.7 Å². The van der Waals surface area contributed by atoms with Crippen molar-refractivity contribution in [1.82, 2.24) is 0 Å². The van der Waals surface area contributed by atoms with Crippen LogP contribution in [-0.2, 0) is 16.3 Å². The Labute approximate surface area is 143 Å². The van der Waals surface area contributed by atoms with Crippen LogP contribution >= 0.6 is 0 Å². The van der Waals surface area contributed by atoms with E-state index < -0.39 is 9.84 Å². The molecule has 0 aromatic heterocycles. The molecular formula is C18H23N3O2S. The number of aliphatic imine (C=N–C) groups is 1. The van der Waals surface area contributed by atoms with Gasteiger partial charge in [-0.15, -0.1) is 0 Å². The van der Waals surface area contributed by atoms with Gasteiger partial charge in [-0.25, -0.2) is 8.42 Å². The van der Waals surface area contributed by atoms with E-state index in [1.165, 1.54) is 5.56 Å². The van der Waals surface area contributed by atoms with Crippen LogP contribution in [0, 0.1) is 0 Å². The van der Waals surface area contributed by atoms with E-state index in [0.29, 0.717) is 23.8 Å². The van der Waals surface area contributed by atoms with E-state index in [1.807, 2.05) is 24.3 Å². The Morgan fingerprint density at radius 2 is 1.88 bits per heavy atom. The number of anilines is 1. The molecule has 128 valence electrons. The van der Waals surface area contributed by atoms with Crippen LogP contribution in [0.3, 0.4) is 0 Å². The third-order valence-electron chi connectivity index (χ3n) is 3.56. The van der Waals surface area contributed by atoms with E-state index in [2.05, 4.69) is 17.2 Å². The van der Waals surface area contributed by atoms with Crippen molar-refractivity contribution in [3.63, 3.8) is 0 Å². The van der Waals surface area contributed by atoms with Gasteiger partial charge in [0.05, 0.1) is 10.6 Å². The summed E-state index contributed by atoms with van der Waals surface area (Å²) in [5.74, 6) is 0.347. The molecule has 2 rings (SSSR count). The fourth-order valence-corrected chi connectivity index (χ4v) is 3.57. The topological polar surface area (TPSA) is 84.5 Å². The molecule has 0 amide bonds. The average molecular weight is 345 g/mol. The van der Waals surface area contributed by atoms with Crippen LogP contribution in [-0.4, -0.2) is 26.7 Å². The van der Waals surface area contributed by atoms with Crippen LogP contribution in [0.1, 0.15) is 18.9 Å². The predicted octanol–water partition coefficient (Wildman–Crippen LogP) is 2.84. The fraction of sp³-hybridized carbons (Fsp3) is 0.278. The molecule has 24 heavy (non-hydrogen) atoms. The minimum Gasteiger partial charge on any atom is -0.370 e. The van der Waals surface area contributed by atoms with Gasteiger partial charge in [0.2, 0.25) is 0 Å². The van der Waals surface area contributed by atoms with Gasteiger partial charge >= 0.3 is 0 Å². The molecule has 6 heteroatoms. The lowest BCUT2D eigenvalue weighted by molar-refractivity contribution is 0.593. The molecule has 0 saturated heterocycles. The summed E-state index contributed by atoms with van der Waals surface area (Å²) >= 11 is 0. The molecule has 2 aromatic carbocycles. The van der Waals surface area contributed by atoms with Crippen LogP contribution in [0.5, 0.6) is 0 Å². The summed E-state index contributed by atoms with van der Waals surface area (Å²) in [5.41, 5.74) is 7.94. The van der Waals surface area contributed by atoms with Crippen LogP contribution < -0.4 is 11.1 Å². The molecule has 0 fully saturated rings. The standard InChI is InChI=1S/C18H23N3O2S/c1-2-15-8-6-9-16(14-15)21-18(19)20-12-7-13-24(22,23)17-10-4-3-5-11-17/h3-6,8-11,14H,2,7,12-13H2,1H3,(H3,19,20,21). The SMILES string of the molecule is CCc1cccc(NC(N)=NCCCS(=O)(=O)c2ccccc2)c1. The summed E-state index contributed by atoms with van der Waals surface area (Å²) in [6.07, 6.45) is 1.37. The Morgan fingerprint density at radius 3 is 2.58 bits per heavy atom. The van der Waals surface area contributed by atoms with Crippen molar-refractivity contribution < 1.29 is 8.42 Å². The van der Waals surface area contributed by atoms with Crippen molar-refractivity contribution in [2.45, 2.75) is 24.7 Å². The molecule has 0 aliphatic rings. The molecule has 0 aliphatic carbocycles. The van der Waals surface area contributed by atoms with Gasteiger partial charge in [0.25, 0.3) is 0 Å². The third-order valence-corrected chi connectivity index (χ3v) is 5.38. The lowest BCUT2D eigenvalue weighted by atomic mass is 10.1. The van der Waals surface area contributed by atoms with Crippen molar-refractivity contribution >= 4 is 21.5 Å². The molecule has 0 saturated carbocycles. The lowest BCUT2D eigenvalue weighted by Crippen LogP contribution is -2.23. The second-order valence-electron chi connectivity index (χ2n) is 5.43. The zero-order valence-electron chi connectivity index (χ0n) is 13.8. The highest BCUT2D eigenvalue weighted by molar-refractivity contribution is 7.91. The first kappa shape index (κ1) is 18.0. The highest BCUT2D eigenvalue weighted by Crippen LogP contribution is 2.12. The number of sulfone groups is 1. The predicted molar refractivity (Wildman–Crippen MR) is 99.0 cm³/mol. The fourth-order valence-electron chi connectivity index (χ4n) is 2.26. The number of hydrogen-bond acceptors (Lipinski definition) is 3. The van der Waals surface area contributed by atoms with Crippen LogP contribution in [0.2, 0.25) is 0 Å². The van der Waals surface area contributed by atoms with Gasteiger partial charge < -0.3 is 11.1 Å². The Bertz CT molecular complexity index is 787. The van der Waals surface area contributed by atoms with Gasteiger partial charge in [-0.1, -0.05) is 37.3 Å². The highest BCUT2D eigenvalue weighted by atomic mass is 32.2. The maximum atomic E-state index is 12.1. The number of nitrogens with one attached hydrogen (secondary N) is 1. The van der Waals surface area contributed by atoms with Gasteiger partial charge in [-0.3, -0.25) is 4.99 Å². The first-order valence-corrected chi connectivity index (χ1v) is 9.60. The van der Waals surface area contributed by atoms with Gasteiger partial charge in [0.1, 0.15) is 0 Å². The Morgan fingerprint density at radius 1 is 1.12 bits per heavy atom. The lowest BCUT2D eigenvalue weighted by Gasteiger charge is -2.07. The Kier molecular flexibility index (Phi) is 6.37. The molecule has 0 spiro atoms. The zero-order chi connectivity index (χ0) is 17.4. The van der Waals surface area contributed by atoms with Gasteiger partial charge in [-0.2, -0.15) is 0 Å². The van der Waals surface area contributed by atoms with Crippen LogP contribution in [0.4, 0.5) is 5.69 Å². The summed E-state index contributed by atoms with van der Waals surface area (Å²) in [6.45, 7) is 2.45. The number of nitrogens with zero attached hydrogens (tertiary/aromatic N) is 1. The summed E-state index contributed by atoms with van der Waals surface area (Å²) < 4.78 is 24.3. The first-order chi connectivity index (χ1) is 11.5. The summed E-state index contributed by atoms with van der Waals surface area (Å²) in [7, 11) is -3.26. The Hall–Kier alpha value is -2.34. The van der Waals surface area contributed by atoms with E-state index in [-0.39, 0.29) is 5.75 Å². The van der Waals surface area contributed by atoms with Gasteiger partial charge in [0.15, 0.2) is 15.8 Å². The number of guanidine groups is 1. The molecule has 0 atom stereocenters. The number of nitrogens with two attached hydrogens (primary N) is 1. The molecule has 0 aliphatic heterocycles. The molecular weight excluding hydrogens is 322 g/mol. The smallest absolute Gasteiger partial charge is 0.193 e. The minimum absolute atomic E-state index is 0.0547. The molecule has 0 radical (unpaired) electrons. The molecule has 2 aromatic rings. The van der Waals surface area contributed by atoms with Crippen molar-refractivity contribution in [1.29, 1.82) is 0 Å². The van der Waals surface area contributed by atoms with E-state index in [1.54, 1.807) is 30.3 Å². The molecule has 0 bridgehead atoms. The quantitative estimate of drug-likeness (QED) is 0.459. The highest BCUT2D eigenvalue weighted by Gasteiger charge is 2.12. The van der Waals surface area contributed by atoms with E-state index in [0.717, 1.165) is 12.1 Å². The largest absolute Gasteiger partial charge is 0.370 e. The number of rotatable bonds is 7. The van der Waals surface area contributed by atoms with Crippen LogP contribution in [0.25, 0.3) is 0 Å². The normalized spacial score (nSPS) is 12.1. The second kappa shape index (κ2) is 8.49. The molecule has 0 unspecified atom stereocenters. The average Bonchev–Trinajstić information content (AvgIpc) is 2.60. The van der Waals surface area contributed by atoms with Crippen molar-refractivity contribution in [3.8, 4) is 0 Å². The van der Waals surface area contributed by atoms with E-state index in [4.69, 9.17) is 5.73 Å². The van der Waals surface area contributed by atoms with Crippen molar-refractivity contribution in [2.24, 2.45) is 10.7 Å². The first-order valence-electron chi connectivity index (χ1n) is 7.95. The molecule has 5 nitrogen and oxygen atoms in total. The Balaban J connectivity index is 1.85. The second-order valence-corrected chi connectivity index (χ2v) is 7.54. The molecule has 0 heterocycles. The number of aryl methyl sites for hydroxylation is 1. The number of benzene rings is 2. The monoisotopic (exact) mass is 345 g/mol. The maximum Gasteiger partial charge on any atom is 0.193 e. The maximum absolute atomic E-state index is 12.1. The van der Waals surface area contributed by atoms with Crippen molar-refractivity contribution in [2.75, 3.05) is 17.6 Å². The third kappa shape index (κ3) is 5.38. The van der Waals surface area contributed by atoms with Gasteiger partial charge in [0, 0.05) is 12.2 Å². The number of hydrogen-bond donors (Lipinski definition) is 2. The summed E-state index contributed by atoms with van der Waals surface area (Å²) in [5, 5.41) is 3.02. The van der Waals surface area contributed by atoms with Crippen LogP contribution in [0.15, 0.2) is 64.5 Å². The van der Waals surface area contributed by atoms with E-state index >= 15 is 0 Å². The van der Waals surface area contributed by atoms with Crippen molar-refractivity contribution in [3.05, 3.63) is 60.2 Å². The summed E-state index contributed by atoms with van der Waals surface area (Å²) in [6, 6.07) is 16.4. The van der Waals surface area contributed by atoms with E-state index in [9.17, 15) is 8.42 Å². The minimum atomic E-state index is -3.26.